The van der Waals surface area contributed by atoms with Gasteiger partial charge in [0.1, 0.15) is 0 Å². The molecule has 1 saturated heterocycles. The van der Waals surface area contributed by atoms with Crippen molar-refractivity contribution in [3.05, 3.63) is 35.4 Å². The summed E-state index contributed by atoms with van der Waals surface area (Å²) >= 11 is 0. The molecule has 1 aliphatic heterocycles. The lowest BCUT2D eigenvalue weighted by atomic mass is 10.1. The van der Waals surface area contributed by atoms with Gasteiger partial charge in [0.25, 0.3) is 0 Å². The van der Waals surface area contributed by atoms with Gasteiger partial charge in [-0.15, -0.1) is 0 Å². The summed E-state index contributed by atoms with van der Waals surface area (Å²) in [6, 6.07) is 3.77. The van der Waals surface area contributed by atoms with Crippen LogP contribution in [0.2, 0.25) is 0 Å². The maximum Gasteiger partial charge on any atom is 0.227 e. The van der Waals surface area contributed by atoms with Crippen molar-refractivity contribution in [2.24, 2.45) is 0 Å². The van der Waals surface area contributed by atoms with E-state index in [1.807, 2.05) is 0 Å². The van der Waals surface area contributed by atoms with Crippen molar-refractivity contribution in [2.75, 3.05) is 20.1 Å². The maximum absolute atomic E-state index is 13.0. The van der Waals surface area contributed by atoms with Crippen LogP contribution in [0.5, 0.6) is 0 Å². The van der Waals surface area contributed by atoms with E-state index in [9.17, 15) is 13.6 Å². The van der Waals surface area contributed by atoms with Crippen molar-refractivity contribution < 1.29 is 13.6 Å². The highest BCUT2D eigenvalue weighted by molar-refractivity contribution is 5.78. The van der Waals surface area contributed by atoms with Gasteiger partial charge in [0.2, 0.25) is 5.91 Å². The van der Waals surface area contributed by atoms with Gasteiger partial charge in [0, 0.05) is 19.6 Å². The summed E-state index contributed by atoms with van der Waals surface area (Å²) in [4.78, 5) is 13.7. The van der Waals surface area contributed by atoms with E-state index in [0.717, 1.165) is 31.6 Å². The molecular weight excluding hydrogens is 238 g/mol. The van der Waals surface area contributed by atoms with Crippen LogP contribution >= 0.6 is 0 Å². The topological polar surface area (TPSA) is 32.3 Å². The first-order valence-electron chi connectivity index (χ1n) is 5.98. The Balaban J connectivity index is 1.99. The number of amides is 1. The predicted molar refractivity (Wildman–Crippen MR) is 64.1 cm³/mol. The van der Waals surface area contributed by atoms with E-state index in [1.165, 1.54) is 6.07 Å². The molecule has 0 spiro atoms. The van der Waals surface area contributed by atoms with Crippen LogP contribution in [0, 0.1) is 11.6 Å². The van der Waals surface area contributed by atoms with Gasteiger partial charge >= 0.3 is 0 Å². The molecule has 1 aliphatic rings. The molecule has 1 N–H and O–H groups in total. The monoisotopic (exact) mass is 254 g/mol. The van der Waals surface area contributed by atoms with Crippen LogP contribution in [0.1, 0.15) is 12.0 Å². The highest BCUT2D eigenvalue weighted by Gasteiger charge is 2.23. The molecule has 0 bridgehead atoms. The van der Waals surface area contributed by atoms with Gasteiger partial charge in [-0.2, -0.15) is 0 Å². The number of benzene rings is 1. The Hall–Kier alpha value is -1.49. The molecule has 0 aromatic heterocycles. The fraction of sp³-hybridized carbons (Fsp3) is 0.462. The number of hydrogen-bond donors (Lipinski definition) is 1. The van der Waals surface area contributed by atoms with Crippen LogP contribution in [0.25, 0.3) is 0 Å². The van der Waals surface area contributed by atoms with Gasteiger partial charge in [-0.3, -0.25) is 4.79 Å². The molecular formula is C13H16F2N2O. The molecule has 5 heteroatoms. The Morgan fingerprint density at radius 1 is 1.44 bits per heavy atom. The Bertz CT molecular complexity index is 445. The zero-order valence-electron chi connectivity index (χ0n) is 10.2. The molecule has 2 rings (SSSR count). The Morgan fingerprint density at radius 3 is 2.83 bits per heavy atom. The minimum absolute atomic E-state index is 0.0743. The van der Waals surface area contributed by atoms with E-state index in [1.54, 1.807) is 11.9 Å². The first kappa shape index (κ1) is 13.0. The number of rotatable bonds is 3. The van der Waals surface area contributed by atoms with Gasteiger partial charge in [-0.1, -0.05) is 6.07 Å². The van der Waals surface area contributed by atoms with Crippen molar-refractivity contribution in [3.63, 3.8) is 0 Å². The molecule has 1 aromatic carbocycles. The Morgan fingerprint density at radius 2 is 2.22 bits per heavy atom. The Kier molecular flexibility index (Phi) is 3.91. The summed E-state index contributed by atoms with van der Waals surface area (Å²) in [5, 5.41) is 3.19. The first-order valence-corrected chi connectivity index (χ1v) is 5.98. The van der Waals surface area contributed by atoms with Gasteiger partial charge in [-0.25, -0.2) is 8.78 Å². The average Bonchev–Trinajstić information content (AvgIpc) is 2.86. The number of hydrogen-bond acceptors (Lipinski definition) is 2. The van der Waals surface area contributed by atoms with E-state index >= 15 is 0 Å². The fourth-order valence-electron chi connectivity index (χ4n) is 2.12. The smallest absolute Gasteiger partial charge is 0.227 e. The largest absolute Gasteiger partial charge is 0.341 e. The van der Waals surface area contributed by atoms with Gasteiger partial charge < -0.3 is 10.2 Å². The standard InChI is InChI=1S/C13H16F2N2O/c1-17(10-4-5-16-8-10)13(18)7-9-2-3-11(14)12(15)6-9/h2-3,6,10,16H,4-5,7-8H2,1H3. The second kappa shape index (κ2) is 5.44. The fourth-order valence-corrected chi connectivity index (χ4v) is 2.12. The number of carbonyl (C=O) groups excluding carboxylic acids is 1. The minimum atomic E-state index is -0.912. The second-order valence-electron chi connectivity index (χ2n) is 4.58. The van der Waals surface area contributed by atoms with Crippen molar-refractivity contribution in [2.45, 2.75) is 18.9 Å². The number of likely N-dealkylation sites (N-methyl/N-ethyl adjacent to an activating group) is 1. The zero-order valence-corrected chi connectivity index (χ0v) is 10.2. The number of halogens is 2. The molecule has 1 atom stereocenters. The van der Waals surface area contributed by atoms with Crippen LogP contribution in [-0.4, -0.2) is 37.0 Å². The molecule has 1 unspecified atom stereocenters. The third kappa shape index (κ3) is 2.85. The molecule has 1 fully saturated rings. The molecule has 1 heterocycles. The molecule has 0 saturated carbocycles. The summed E-state index contributed by atoms with van der Waals surface area (Å²) in [7, 11) is 1.75. The third-order valence-electron chi connectivity index (χ3n) is 3.31. The van der Waals surface area contributed by atoms with E-state index in [4.69, 9.17) is 0 Å². The SMILES string of the molecule is CN(C(=O)Cc1ccc(F)c(F)c1)C1CCNC1. The molecule has 1 amide bonds. The summed E-state index contributed by atoms with van der Waals surface area (Å²) in [5.41, 5.74) is 0.497. The maximum atomic E-state index is 13.0. The van der Waals surface area contributed by atoms with Crippen LogP contribution in [0.3, 0.4) is 0 Å². The van der Waals surface area contributed by atoms with Crippen molar-refractivity contribution in [1.82, 2.24) is 10.2 Å². The summed E-state index contributed by atoms with van der Waals surface area (Å²) < 4.78 is 25.8. The average molecular weight is 254 g/mol. The van der Waals surface area contributed by atoms with E-state index in [-0.39, 0.29) is 18.4 Å². The van der Waals surface area contributed by atoms with Gasteiger partial charge in [0.05, 0.1) is 6.42 Å². The summed E-state index contributed by atoms with van der Waals surface area (Å²) in [5.74, 6) is -1.88. The lowest BCUT2D eigenvalue weighted by Crippen LogP contribution is -2.39. The van der Waals surface area contributed by atoms with Crippen molar-refractivity contribution in [1.29, 1.82) is 0 Å². The molecule has 1 aromatic rings. The summed E-state index contributed by atoms with van der Waals surface area (Å²) in [6.07, 6.45) is 1.03. The summed E-state index contributed by atoms with van der Waals surface area (Å²) in [6.45, 7) is 1.70. The highest BCUT2D eigenvalue weighted by atomic mass is 19.2. The molecule has 0 radical (unpaired) electrons. The van der Waals surface area contributed by atoms with E-state index < -0.39 is 11.6 Å². The van der Waals surface area contributed by atoms with E-state index in [0.29, 0.717) is 5.56 Å². The molecule has 98 valence electrons. The number of carbonyl (C=O) groups is 1. The number of nitrogens with zero attached hydrogens (tertiary/aromatic N) is 1. The highest BCUT2D eigenvalue weighted by Crippen LogP contribution is 2.12. The predicted octanol–water partition coefficient (Wildman–Crippen LogP) is 1.33. The van der Waals surface area contributed by atoms with Crippen LogP contribution in [0.15, 0.2) is 18.2 Å². The lowest BCUT2D eigenvalue weighted by Gasteiger charge is -2.23. The first-order chi connectivity index (χ1) is 8.58. The quantitative estimate of drug-likeness (QED) is 0.882. The van der Waals surface area contributed by atoms with Crippen molar-refractivity contribution >= 4 is 5.91 Å². The normalized spacial score (nSPS) is 18.9. The van der Waals surface area contributed by atoms with Crippen LogP contribution in [-0.2, 0) is 11.2 Å². The van der Waals surface area contributed by atoms with Gasteiger partial charge in [0.15, 0.2) is 11.6 Å². The number of nitrogens with one attached hydrogen (secondary N) is 1. The van der Waals surface area contributed by atoms with Crippen LogP contribution in [0.4, 0.5) is 8.78 Å². The van der Waals surface area contributed by atoms with Crippen LogP contribution < -0.4 is 5.32 Å². The molecule has 3 nitrogen and oxygen atoms in total. The Labute approximate surface area is 105 Å². The molecule has 0 aliphatic carbocycles. The molecule has 18 heavy (non-hydrogen) atoms. The van der Waals surface area contributed by atoms with Gasteiger partial charge in [-0.05, 0) is 30.7 Å². The zero-order chi connectivity index (χ0) is 13.1. The lowest BCUT2D eigenvalue weighted by molar-refractivity contribution is -0.130. The second-order valence-corrected chi connectivity index (χ2v) is 4.58. The minimum Gasteiger partial charge on any atom is -0.341 e. The van der Waals surface area contributed by atoms with Crippen molar-refractivity contribution in [3.8, 4) is 0 Å². The third-order valence-corrected chi connectivity index (χ3v) is 3.31. The van der Waals surface area contributed by atoms with E-state index in [2.05, 4.69) is 5.32 Å².